The first-order valence-corrected chi connectivity index (χ1v) is 8.07. The van der Waals surface area contributed by atoms with Crippen LogP contribution in [-0.2, 0) is 0 Å². The zero-order valence-corrected chi connectivity index (χ0v) is 13.9. The molecule has 2 rings (SSSR count). The first-order chi connectivity index (χ1) is 10.2. The summed E-state index contributed by atoms with van der Waals surface area (Å²) in [6.07, 6.45) is 1.10. The highest BCUT2D eigenvalue weighted by Crippen LogP contribution is 2.33. The monoisotopic (exact) mass is 305 g/mol. The average Bonchev–Trinajstić information content (AvgIpc) is 2.93. The van der Waals surface area contributed by atoms with E-state index in [1.165, 1.54) is 16.0 Å². The summed E-state index contributed by atoms with van der Waals surface area (Å²) in [6.45, 7) is 5.31. The highest BCUT2D eigenvalue weighted by Gasteiger charge is 2.18. The smallest absolute Gasteiger partial charge is 0.122 e. The van der Waals surface area contributed by atoms with Crippen LogP contribution in [0.5, 0.6) is 11.5 Å². The molecule has 0 aliphatic heterocycles. The molecule has 4 heteroatoms. The Hall–Kier alpha value is -1.52. The predicted octanol–water partition coefficient (Wildman–Crippen LogP) is 4.16. The molecule has 1 N–H and O–H groups in total. The standard InChI is InChI=1S/C17H23NO2S/c1-5-7-18-16(17-12(2)6-8-21-17)13-9-14(19-3)11-15(10-13)20-4/h6,8-11,16,18H,5,7H2,1-4H3. The minimum atomic E-state index is 0.175. The Morgan fingerprint density at radius 2 is 1.81 bits per heavy atom. The molecule has 1 heterocycles. The van der Waals surface area contributed by atoms with Gasteiger partial charge in [-0.05, 0) is 54.6 Å². The van der Waals surface area contributed by atoms with Gasteiger partial charge in [-0.1, -0.05) is 6.92 Å². The molecule has 21 heavy (non-hydrogen) atoms. The molecule has 0 saturated heterocycles. The Labute approximate surface area is 130 Å². The summed E-state index contributed by atoms with van der Waals surface area (Å²) in [5.74, 6) is 1.64. The number of ether oxygens (including phenoxy) is 2. The third-order valence-corrected chi connectivity index (χ3v) is 4.55. The lowest BCUT2D eigenvalue weighted by atomic mass is 10.0. The number of nitrogens with one attached hydrogen (secondary N) is 1. The van der Waals surface area contributed by atoms with E-state index in [1.807, 2.05) is 6.07 Å². The fourth-order valence-corrected chi connectivity index (χ4v) is 3.36. The van der Waals surface area contributed by atoms with Gasteiger partial charge in [0.25, 0.3) is 0 Å². The van der Waals surface area contributed by atoms with Gasteiger partial charge in [0.15, 0.2) is 0 Å². The zero-order valence-electron chi connectivity index (χ0n) is 13.1. The predicted molar refractivity (Wildman–Crippen MR) is 88.7 cm³/mol. The van der Waals surface area contributed by atoms with E-state index < -0.39 is 0 Å². The molecule has 1 atom stereocenters. The van der Waals surface area contributed by atoms with Crippen LogP contribution in [0.2, 0.25) is 0 Å². The fourth-order valence-electron chi connectivity index (χ4n) is 2.33. The van der Waals surface area contributed by atoms with Gasteiger partial charge in [-0.25, -0.2) is 0 Å². The number of aryl methyl sites for hydroxylation is 1. The maximum absolute atomic E-state index is 5.40. The van der Waals surface area contributed by atoms with Crippen molar-refractivity contribution in [3.05, 3.63) is 45.6 Å². The summed E-state index contributed by atoms with van der Waals surface area (Å²) in [6, 6.07) is 8.40. The van der Waals surface area contributed by atoms with Crippen LogP contribution in [0, 0.1) is 6.92 Å². The van der Waals surface area contributed by atoms with Gasteiger partial charge in [0, 0.05) is 10.9 Å². The lowest BCUT2D eigenvalue weighted by molar-refractivity contribution is 0.392. The molecule has 1 aromatic carbocycles. The summed E-state index contributed by atoms with van der Waals surface area (Å²) in [5, 5.41) is 5.77. The summed E-state index contributed by atoms with van der Waals surface area (Å²) in [5.41, 5.74) is 2.49. The number of methoxy groups -OCH3 is 2. The van der Waals surface area contributed by atoms with Crippen molar-refractivity contribution in [2.75, 3.05) is 20.8 Å². The van der Waals surface area contributed by atoms with E-state index >= 15 is 0 Å². The van der Waals surface area contributed by atoms with E-state index in [9.17, 15) is 0 Å². The van der Waals surface area contributed by atoms with Gasteiger partial charge in [-0.15, -0.1) is 11.3 Å². The Morgan fingerprint density at radius 1 is 1.14 bits per heavy atom. The first-order valence-electron chi connectivity index (χ1n) is 7.20. The molecule has 2 aromatic rings. The zero-order chi connectivity index (χ0) is 15.2. The van der Waals surface area contributed by atoms with Crippen LogP contribution in [0.15, 0.2) is 29.6 Å². The van der Waals surface area contributed by atoms with E-state index in [4.69, 9.17) is 9.47 Å². The number of hydrogen-bond acceptors (Lipinski definition) is 4. The van der Waals surface area contributed by atoms with Gasteiger partial charge in [0.05, 0.1) is 20.3 Å². The summed E-state index contributed by atoms with van der Waals surface area (Å²) in [4.78, 5) is 1.35. The van der Waals surface area contributed by atoms with Gasteiger partial charge in [-0.2, -0.15) is 0 Å². The van der Waals surface area contributed by atoms with Gasteiger partial charge < -0.3 is 14.8 Å². The topological polar surface area (TPSA) is 30.5 Å². The van der Waals surface area contributed by atoms with E-state index in [0.717, 1.165) is 24.5 Å². The van der Waals surface area contributed by atoms with Crippen molar-refractivity contribution in [2.24, 2.45) is 0 Å². The molecule has 0 saturated carbocycles. The van der Waals surface area contributed by atoms with Crippen LogP contribution < -0.4 is 14.8 Å². The summed E-state index contributed by atoms with van der Waals surface area (Å²) in [7, 11) is 3.37. The van der Waals surface area contributed by atoms with Crippen LogP contribution in [0.1, 0.15) is 35.4 Å². The van der Waals surface area contributed by atoms with E-state index in [0.29, 0.717) is 0 Å². The normalized spacial score (nSPS) is 12.2. The molecule has 3 nitrogen and oxygen atoms in total. The van der Waals surface area contributed by atoms with Crippen LogP contribution >= 0.6 is 11.3 Å². The number of hydrogen-bond donors (Lipinski definition) is 1. The first kappa shape index (κ1) is 15.9. The Morgan fingerprint density at radius 3 is 2.29 bits per heavy atom. The largest absolute Gasteiger partial charge is 0.497 e. The summed E-state index contributed by atoms with van der Waals surface area (Å²) >= 11 is 1.79. The third kappa shape index (κ3) is 3.77. The minimum absolute atomic E-state index is 0.175. The van der Waals surface area contributed by atoms with Gasteiger partial charge in [0.2, 0.25) is 0 Å². The Balaban J connectivity index is 2.43. The van der Waals surface area contributed by atoms with Crippen molar-refractivity contribution in [1.29, 1.82) is 0 Å². The van der Waals surface area contributed by atoms with Gasteiger partial charge >= 0.3 is 0 Å². The molecule has 0 bridgehead atoms. The molecule has 1 aromatic heterocycles. The van der Waals surface area contributed by atoms with Crippen LogP contribution in [0.3, 0.4) is 0 Å². The number of benzene rings is 1. The van der Waals surface area contributed by atoms with Crippen LogP contribution in [0.4, 0.5) is 0 Å². The third-order valence-electron chi connectivity index (χ3n) is 3.47. The van der Waals surface area contributed by atoms with Crippen molar-refractivity contribution in [3.8, 4) is 11.5 Å². The number of thiophene rings is 1. The molecule has 0 radical (unpaired) electrons. The van der Waals surface area contributed by atoms with Crippen molar-refractivity contribution in [2.45, 2.75) is 26.3 Å². The van der Waals surface area contributed by atoms with Crippen molar-refractivity contribution in [1.82, 2.24) is 5.32 Å². The molecule has 0 fully saturated rings. The van der Waals surface area contributed by atoms with E-state index in [1.54, 1.807) is 25.6 Å². The quantitative estimate of drug-likeness (QED) is 0.833. The SMILES string of the molecule is CCCNC(c1cc(OC)cc(OC)c1)c1sccc1C. The Kier molecular flexibility index (Phi) is 5.65. The second-order valence-corrected chi connectivity index (χ2v) is 5.95. The highest BCUT2D eigenvalue weighted by atomic mass is 32.1. The number of rotatable bonds is 7. The second kappa shape index (κ2) is 7.48. The van der Waals surface area contributed by atoms with Gasteiger partial charge in [0.1, 0.15) is 11.5 Å². The fraction of sp³-hybridized carbons (Fsp3) is 0.412. The van der Waals surface area contributed by atoms with E-state index in [-0.39, 0.29) is 6.04 Å². The molecule has 0 amide bonds. The Bertz CT molecular complexity index is 558. The molecule has 0 spiro atoms. The average molecular weight is 305 g/mol. The van der Waals surface area contributed by atoms with Crippen molar-refractivity contribution < 1.29 is 9.47 Å². The molecule has 114 valence electrons. The molecule has 1 unspecified atom stereocenters. The van der Waals surface area contributed by atoms with Crippen molar-refractivity contribution in [3.63, 3.8) is 0 Å². The van der Waals surface area contributed by atoms with Gasteiger partial charge in [-0.3, -0.25) is 0 Å². The van der Waals surface area contributed by atoms with Crippen LogP contribution in [-0.4, -0.2) is 20.8 Å². The molecular weight excluding hydrogens is 282 g/mol. The molecular formula is C17H23NO2S. The molecule has 0 aliphatic carbocycles. The van der Waals surface area contributed by atoms with E-state index in [2.05, 4.69) is 42.7 Å². The summed E-state index contributed by atoms with van der Waals surface area (Å²) < 4.78 is 10.8. The highest BCUT2D eigenvalue weighted by molar-refractivity contribution is 7.10. The lowest BCUT2D eigenvalue weighted by Crippen LogP contribution is -2.23. The maximum Gasteiger partial charge on any atom is 0.122 e. The second-order valence-electron chi connectivity index (χ2n) is 5.00. The van der Waals surface area contributed by atoms with Crippen LogP contribution in [0.25, 0.3) is 0 Å². The maximum atomic E-state index is 5.40. The minimum Gasteiger partial charge on any atom is -0.497 e. The molecule has 0 aliphatic rings. The lowest BCUT2D eigenvalue weighted by Gasteiger charge is -2.20. The van der Waals surface area contributed by atoms with Crippen molar-refractivity contribution >= 4 is 11.3 Å².